The number of nitrogens with zero attached hydrogens (tertiary/aromatic N) is 1. The van der Waals surface area contributed by atoms with Crippen molar-refractivity contribution in [2.75, 3.05) is 11.1 Å². The third-order valence-corrected chi connectivity index (χ3v) is 5.37. The van der Waals surface area contributed by atoms with Crippen LogP contribution >= 0.6 is 0 Å². The normalized spacial score (nSPS) is 15.0. The molecule has 152 valence electrons. The first-order valence-corrected chi connectivity index (χ1v) is 9.69. The predicted octanol–water partition coefficient (Wildman–Crippen LogP) is 3.59. The van der Waals surface area contributed by atoms with Crippen molar-refractivity contribution in [2.24, 2.45) is 0 Å². The minimum Gasteiger partial charge on any atom is -0.397 e. The van der Waals surface area contributed by atoms with E-state index in [1.807, 2.05) is 39.0 Å². The molecule has 0 bridgehead atoms. The molecule has 0 aliphatic carbocycles. The number of hydrogen-bond acceptors (Lipinski definition) is 4. The van der Waals surface area contributed by atoms with Gasteiger partial charge in [-0.3, -0.25) is 14.6 Å². The molecule has 1 unspecified atom stereocenters. The van der Waals surface area contributed by atoms with Gasteiger partial charge in [-0.1, -0.05) is 6.07 Å². The molecule has 2 aromatic heterocycles. The quantitative estimate of drug-likeness (QED) is 0.500. The summed E-state index contributed by atoms with van der Waals surface area (Å²) in [6, 6.07) is 10.5. The Kier molecular flexibility index (Phi) is 4.87. The minimum absolute atomic E-state index is 0.213. The van der Waals surface area contributed by atoms with E-state index in [2.05, 4.69) is 20.6 Å². The maximum atomic E-state index is 12.8. The van der Waals surface area contributed by atoms with Crippen LogP contribution in [0.5, 0.6) is 0 Å². The van der Waals surface area contributed by atoms with Crippen molar-refractivity contribution >= 4 is 34.8 Å². The Morgan fingerprint density at radius 1 is 1.23 bits per heavy atom. The number of nitrogens with one attached hydrogen (secondary N) is 3. The fourth-order valence-corrected chi connectivity index (χ4v) is 3.54. The molecule has 1 aromatic carbocycles. The number of anilines is 2. The molecule has 1 aliphatic heterocycles. The Morgan fingerprint density at radius 3 is 2.70 bits per heavy atom. The van der Waals surface area contributed by atoms with Gasteiger partial charge in [-0.15, -0.1) is 0 Å². The van der Waals surface area contributed by atoms with Crippen LogP contribution in [0.1, 0.15) is 51.5 Å². The van der Waals surface area contributed by atoms with Crippen molar-refractivity contribution in [3.05, 3.63) is 76.4 Å². The molecule has 0 spiro atoms. The first-order chi connectivity index (χ1) is 14.3. The van der Waals surface area contributed by atoms with Crippen LogP contribution in [0, 0.1) is 13.8 Å². The summed E-state index contributed by atoms with van der Waals surface area (Å²) in [6.45, 7) is 5.67. The second-order valence-electron chi connectivity index (χ2n) is 7.42. The number of carbonyl (C=O) groups excluding carboxylic acids is 2. The molecule has 3 aromatic rings. The van der Waals surface area contributed by atoms with Crippen LogP contribution in [0.4, 0.5) is 11.4 Å². The Bertz CT molecular complexity index is 1180. The molecular weight excluding hydrogens is 378 g/mol. The molecule has 7 heteroatoms. The summed E-state index contributed by atoms with van der Waals surface area (Å²) in [5, 5.41) is 5.80. The topological polar surface area (TPSA) is 113 Å². The number of carbonyl (C=O) groups is 2. The lowest BCUT2D eigenvalue weighted by atomic mass is 10.0. The molecule has 1 atom stereocenters. The third-order valence-electron chi connectivity index (χ3n) is 5.37. The summed E-state index contributed by atoms with van der Waals surface area (Å²) >= 11 is 0. The van der Waals surface area contributed by atoms with Gasteiger partial charge in [0.15, 0.2) is 0 Å². The highest BCUT2D eigenvalue weighted by atomic mass is 16.2. The van der Waals surface area contributed by atoms with Crippen molar-refractivity contribution in [2.45, 2.75) is 26.8 Å². The van der Waals surface area contributed by atoms with Gasteiger partial charge >= 0.3 is 0 Å². The second kappa shape index (κ2) is 7.51. The van der Waals surface area contributed by atoms with Gasteiger partial charge in [0.05, 0.1) is 23.0 Å². The summed E-state index contributed by atoms with van der Waals surface area (Å²) in [6.07, 6.45) is 3.47. The number of H-pyrrole nitrogens is 1. The van der Waals surface area contributed by atoms with Crippen LogP contribution in [-0.2, 0) is 4.79 Å². The van der Waals surface area contributed by atoms with Gasteiger partial charge in [-0.25, -0.2) is 0 Å². The van der Waals surface area contributed by atoms with Crippen molar-refractivity contribution in [3.63, 3.8) is 0 Å². The van der Waals surface area contributed by atoms with Gasteiger partial charge < -0.3 is 21.4 Å². The zero-order valence-electron chi connectivity index (χ0n) is 17.0. The van der Waals surface area contributed by atoms with Crippen LogP contribution in [0.25, 0.3) is 11.6 Å². The number of nitrogen functional groups attached to an aromatic ring is 1. The van der Waals surface area contributed by atoms with E-state index in [1.54, 1.807) is 30.5 Å². The first kappa shape index (κ1) is 19.4. The van der Waals surface area contributed by atoms with Crippen molar-refractivity contribution in [1.82, 2.24) is 15.3 Å². The molecule has 0 fully saturated rings. The fourth-order valence-electron chi connectivity index (χ4n) is 3.54. The molecule has 30 heavy (non-hydrogen) atoms. The SMILES string of the molecule is Cc1[nH]c(/C=C2\C(=O)Nc3ccc(C(=O)NC(C)c4ccccn4)cc32)c(C)c1N. The summed E-state index contributed by atoms with van der Waals surface area (Å²) in [4.78, 5) is 32.8. The maximum absolute atomic E-state index is 12.8. The van der Waals surface area contributed by atoms with Crippen LogP contribution in [0.2, 0.25) is 0 Å². The lowest BCUT2D eigenvalue weighted by molar-refractivity contribution is -0.110. The zero-order valence-corrected chi connectivity index (χ0v) is 17.0. The molecule has 0 saturated carbocycles. The molecule has 2 amide bonds. The van der Waals surface area contributed by atoms with Crippen LogP contribution in [0.15, 0.2) is 42.6 Å². The largest absolute Gasteiger partial charge is 0.397 e. The van der Waals surface area contributed by atoms with E-state index in [4.69, 9.17) is 5.73 Å². The smallest absolute Gasteiger partial charge is 0.256 e. The van der Waals surface area contributed by atoms with E-state index in [9.17, 15) is 9.59 Å². The van der Waals surface area contributed by atoms with Crippen molar-refractivity contribution < 1.29 is 9.59 Å². The highest BCUT2D eigenvalue weighted by Gasteiger charge is 2.26. The Morgan fingerprint density at radius 2 is 2.03 bits per heavy atom. The predicted molar refractivity (Wildman–Crippen MR) is 118 cm³/mol. The molecule has 0 radical (unpaired) electrons. The summed E-state index contributed by atoms with van der Waals surface area (Å²) < 4.78 is 0. The lowest BCUT2D eigenvalue weighted by Gasteiger charge is -2.13. The standard InChI is InChI=1S/C23H23N5O2/c1-12-20(26-14(3)21(12)24)11-17-16-10-15(7-8-19(16)28-23(17)30)22(29)27-13(2)18-6-4-5-9-25-18/h4-11,13,26H,24H2,1-3H3,(H,27,29)(H,28,30)/b17-11-. The fraction of sp³-hybridized carbons (Fsp3) is 0.174. The minimum atomic E-state index is -0.241. The van der Waals surface area contributed by atoms with Crippen LogP contribution in [-0.4, -0.2) is 21.8 Å². The van der Waals surface area contributed by atoms with Crippen LogP contribution < -0.4 is 16.4 Å². The van der Waals surface area contributed by atoms with Gasteiger partial charge in [-0.2, -0.15) is 0 Å². The first-order valence-electron chi connectivity index (χ1n) is 9.69. The second-order valence-corrected chi connectivity index (χ2v) is 7.42. The average Bonchev–Trinajstić information content (AvgIpc) is 3.18. The van der Waals surface area contributed by atoms with Crippen molar-refractivity contribution in [3.8, 4) is 0 Å². The summed E-state index contributed by atoms with van der Waals surface area (Å²) in [5.41, 5.74) is 12.3. The van der Waals surface area contributed by atoms with Gasteiger partial charge in [0.25, 0.3) is 11.8 Å². The highest BCUT2D eigenvalue weighted by molar-refractivity contribution is 6.35. The summed E-state index contributed by atoms with van der Waals surface area (Å²) in [7, 11) is 0. The molecule has 0 saturated heterocycles. The van der Waals surface area contributed by atoms with Gasteiger partial charge in [0.2, 0.25) is 0 Å². The molecule has 3 heterocycles. The van der Waals surface area contributed by atoms with Gasteiger partial charge in [0.1, 0.15) is 0 Å². The Hall–Kier alpha value is -3.87. The van der Waals surface area contributed by atoms with E-state index in [0.29, 0.717) is 28.1 Å². The van der Waals surface area contributed by atoms with E-state index in [-0.39, 0.29) is 17.9 Å². The number of nitrogens with two attached hydrogens (primary N) is 1. The highest BCUT2D eigenvalue weighted by Crippen LogP contribution is 2.35. The number of hydrogen-bond donors (Lipinski definition) is 4. The Balaban J connectivity index is 1.64. The van der Waals surface area contributed by atoms with E-state index in [1.165, 1.54) is 0 Å². The Labute approximate surface area is 174 Å². The average molecular weight is 401 g/mol. The lowest BCUT2D eigenvalue weighted by Crippen LogP contribution is -2.27. The van der Waals surface area contributed by atoms with Gasteiger partial charge in [-0.05, 0) is 62.7 Å². The molecule has 7 nitrogen and oxygen atoms in total. The number of rotatable bonds is 4. The number of fused-ring (bicyclic) bond motifs is 1. The van der Waals surface area contributed by atoms with Crippen LogP contribution in [0.3, 0.4) is 0 Å². The molecule has 5 N–H and O–H groups in total. The third kappa shape index (κ3) is 3.45. The molecule has 1 aliphatic rings. The number of benzene rings is 1. The number of aryl methyl sites for hydroxylation is 1. The monoisotopic (exact) mass is 401 g/mol. The van der Waals surface area contributed by atoms with E-state index >= 15 is 0 Å². The van der Waals surface area contributed by atoms with Gasteiger partial charge in [0, 0.05) is 34.4 Å². The van der Waals surface area contributed by atoms with Crippen molar-refractivity contribution in [1.29, 1.82) is 0 Å². The number of pyridine rings is 1. The maximum Gasteiger partial charge on any atom is 0.256 e. The number of aromatic nitrogens is 2. The zero-order chi connectivity index (χ0) is 21.4. The van der Waals surface area contributed by atoms with E-state index in [0.717, 1.165) is 22.6 Å². The van der Waals surface area contributed by atoms with E-state index < -0.39 is 0 Å². The summed E-state index contributed by atoms with van der Waals surface area (Å²) in [5.74, 6) is -0.444. The molecule has 4 rings (SSSR count). The molecular formula is C23H23N5O2. The number of aromatic amines is 1. The number of amides is 2.